The summed E-state index contributed by atoms with van der Waals surface area (Å²) in [7, 11) is 0. The van der Waals surface area contributed by atoms with Crippen LogP contribution in [0.5, 0.6) is 0 Å². The minimum absolute atomic E-state index is 0.104. The van der Waals surface area contributed by atoms with Gasteiger partial charge in [0.1, 0.15) is 0 Å². The zero-order chi connectivity index (χ0) is 12.1. The van der Waals surface area contributed by atoms with E-state index in [4.69, 9.17) is 5.73 Å². The fraction of sp³-hybridized carbons (Fsp3) is 0.769. The first kappa shape index (κ1) is 11.6. The first-order valence-corrected chi connectivity index (χ1v) is 6.11. The van der Waals surface area contributed by atoms with Gasteiger partial charge in [-0.3, -0.25) is 4.68 Å². The molecule has 0 aromatic carbocycles. The first-order chi connectivity index (χ1) is 7.34. The molecular weight excluding hydrogens is 198 g/mol. The number of rotatable bonds is 3. The van der Waals surface area contributed by atoms with E-state index in [2.05, 4.69) is 45.8 Å². The van der Waals surface area contributed by atoms with Crippen LogP contribution in [0.4, 0.5) is 0 Å². The van der Waals surface area contributed by atoms with Gasteiger partial charge in [-0.25, -0.2) is 0 Å². The SMILES string of the molecule is CCn1nccc1C(N)C1C(C)(C)C1(C)C. The molecule has 0 bridgehead atoms. The van der Waals surface area contributed by atoms with E-state index in [9.17, 15) is 0 Å². The zero-order valence-corrected chi connectivity index (χ0v) is 11.0. The molecule has 0 radical (unpaired) electrons. The first-order valence-electron chi connectivity index (χ1n) is 6.11. The highest BCUT2D eigenvalue weighted by atomic mass is 15.3. The zero-order valence-electron chi connectivity index (χ0n) is 11.0. The van der Waals surface area contributed by atoms with Crippen LogP contribution in [0.25, 0.3) is 0 Å². The van der Waals surface area contributed by atoms with Crippen LogP contribution in [0.3, 0.4) is 0 Å². The number of hydrogen-bond acceptors (Lipinski definition) is 2. The van der Waals surface area contributed by atoms with Gasteiger partial charge >= 0.3 is 0 Å². The maximum atomic E-state index is 6.41. The summed E-state index contributed by atoms with van der Waals surface area (Å²) in [4.78, 5) is 0. The van der Waals surface area contributed by atoms with Gasteiger partial charge in [0.2, 0.25) is 0 Å². The van der Waals surface area contributed by atoms with Crippen LogP contribution in [0.15, 0.2) is 12.3 Å². The molecule has 2 rings (SSSR count). The van der Waals surface area contributed by atoms with Crippen molar-refractivity contribution in [2.75, 3.05) is 0 Å². The van der Waals surface area contributed by atoms with Gasteiger partial charge in [0.05, 0.1) is 11.7 Å². The monoisotopic (exact) mass is 221 g/mol. The third kappa shape index (κ3) is 1.34. The third-order valence-corrected chi connectivity index (χ3v) is 4.88. The number of aryl methyl sites for hydroxylation is 1. The molecule has 1 unspecified atom stereocenters. The quantitative estimate of drug-likeness (QED) is 0.852. The van der Waals surface area contributed by atoms with E-state index in [1.54, 1.807) is 0 Å². The molecule has 1 aliphatic rings. The predicted molar refractivity (Wildman–Crippen MR) is 65.9 cm³/mol. The maximum Gasteiger partial charge on any atom is 0.0554 e. The highest BCUT2D eigenvalue weighted by Gasteiger charge is 2.67. The highest BCUT2D eigenvalue weighted by Crippen LogP contribution is 2.71. The molecule has 1 aromatic heterocycles. The van der Waals surface area contributed by atoms with Crippen molar-refractivity contribution in [2.24, 2.45) is 22.5 Å². The Kier molecular flexibility index (Phi) is 2.42. The van der Waals surface area contributed by atoms with E-state index >= 15 is 0 Å². The predicted octanol–water partition coefficient (Wildman–Crippen LogP) is 2.59. The molecule has 16 heavy (non-hydrogen) atoms. The van der Waals surface area contributed by atoms with E-state index in [0.29, 0.717) is 16.7 Å². The molecule has 1 aliphatic carbocycles. The van der Waals surface area contributed by atoms with Crippen molar-refractivity contribution in [3.63, 3.8) is 0 Å². The molecule has 1 aromatic rings. The summed E-state index contributed by atoms with van der Waals surface area (Å²) in [6.45, 7) is 12.2. The van der Waals surface area contributed by atoms with E-state index in [1.165, 1.54) is 5.69 Å². The summed E-state index contributed by atoms with van der Waals surface area (Å²) in [5, 5.41) is 4.30. The Hall–Kier alpha value is -0.830. The van der Waals surface area contributed by atoms with Crippen molar-refractivity contribution >= 4 is 0 Å². The summed E-state index contributed by atoms with van der Waals surface area (Å²) >= 11 is 0. The lowest BCUT2D eigenvalue weighted by Gasteiger charge is -2.15. The second-order valence-corrected chi connectivity index (χ2v) is 6.02. The van der Waals surface area contributed by atoms with Crippen LogP contribution >= 0.6 is 0 Å². The Balaban J connectivity index is 2.25. The molecule has 3 nitrogen and oxygen atoms in total. The number of aromatic nitrogens is 2. The third-order valence-electron chi connectivity index (χ3n) is 4.88. The van der Waals surface area contributed by atoms with Crippen molar-refractivity contribution < 1.29 is 0 Å². The average Bonchev–Trinajstić information content (AvgIpc) is 2.58. The van der Waals surface area contributed by atoms with Crippen LogP contribution in [-0.2, 0) is 6.54 Å². The Bertz CT molecular complexity index is 376. The fourth-order valence-electron chi connectivity index (χ4n) is 3.21. The summed E-state index contributed by atoms with van der Waals surface area (Å²) < 4.78 is 2.01. The molecule has 1 saturated carbocycles. The Morgan fingerprint density at radius 3 is 2.38 bits per heavy atom. The standard InChI is InChI=1S/C13H23N3/c1-6-16-9(7-8-15-16)10(14)11-12(2,3)13(11,4)5/h7-8,10-11H,6,14H2,1-5H3. The summed E-state index contributed by atoms with van der Waals surface area (Å²) in [6, 6.07) is 2.16. The van der Waals surface area contributed by atoms with Crippen LogP contribution in [0.1, 0.15) is 46.4 Å². The summed E-state index contributed by atoms with van der Waals surface area (Å²) in [6.07, 6.45) is 1.85. The summed E-state index contributed by atoms with van der Waals surface area (Å²) in [5.41, 5.74) is 8.24. The Labute approximate surface area is 98.0 Å². The second kappa shape index (κ2) is 3.33. The van der Waals surface area contributed by atoms with Crippen LogP contribution in [0.2, 0.25) is 0 Å². The average molecular weight is 221 g/mol. The largest absolute Gasteiger partial charge is 0.322 e. The molecule has 1 heterocycles. The molecule has 0 amide bonds. The second-order valence-electron chi connectivity index (χ2n) is 6.02. The van der Waals surface area contributed by atoms with Gasteiger partial charge in [-0.2, -0.15) is 5.10 Å². The van der Waals surface area contributed by atoms with Gasteiger partial charge in [0.25, 0.3) is 0 Å². The van der Waals surface area contributed by atoms with Crippen molar-refractivity contribution in [1.82, 2.24) is 9.78 Å². The van der Waals surface area contributed by atoms with Crippen molar-refractivity contribution in [3.05, 3.63) is 18.0 Å². The smallest absolute Gasteiger partial charge is 0.0554 e. The number of hydrogen-bond donors (Lipinski definition) is 1. The molecule has 0 spiro atoms. The lowest BCUT2D eigenvalue weighted by Crippen LogP contribution is -2.20. The highest BCUT2D eigenvalue weighted by molar-refractivity contribution is 5.22. The lowest BCUT2D eigenvalue weighted by molar-refractivity contribution is 0.457. The molecule has 90 valence electrons. The maximum absolute atomic E-state index is 6.41. The van der Waals surface area contributed by atoms with E-state index < -0.39 is 0 Å². The fourth-order valence-corrected chi connectivity index (χ4v) is 3.21. The molecule has 1 fully saturated rings. The normalized spacial score (nSPS) is 24.4. The van der Waals surface area contributed by atoms with Gasteiger partial charge in [-0.05, 0) is 29.7 Å². The molecule has 3 heteroatoms. The number of nitrogens with two attached hydrogens (primary N) is 1. The van der Waals surface area contributed by atoms with Gasteiger partial charge < -0.3 is 5.73 Å². The minimum Gasteiger partial charge on any atom is -0.322 e. The molecule has 0 saturated heterocycles. The van der Waals surface area contributed by atoms with E-state index in [0.717, 1.165) is 6.54 Å². The van der Waals surface area contributed by atoms with Crippen molar-refractivity contribution in [1.29, 1.82) is 0 Å². The van der Waals surface area contributed by atoms with Crippen molar-refractivity contribution in [2.45, 2.75) is 47.2 Å². The van der Waals surface area contributed by atoms with E-state index in [1.807, 2.05) is 10.9 Å². The van der Waals surface area contributed by atoms with Gasteiger partial charge in [0.15, 0.2) is 0 Å². The van der Waals surface area contributed by atoms with Gasteiger partial charge in [0, 0.05) is 12.7 Å². The molecule has 1 atom stereocenters. The Morgan fingerprint density at radius 1 is 1.38 bits per heavy atom. The Morgan fingerprint density at radius 2 is 1.94 bits per heavy atom. The van der Waals surface area contributed by atoms with Gasteiger partial charge in [-0.15, -0.1) is 0 Å². The molecule has 0 aliphatic heterocycles. The minimum atomic E-state index is 0.104. The lowest BCUT2D eigenvalue weighted by atomic mass is 10.0. The number of nitrogens with zero attached hydrogens (tertiary/aromatic N) is 2. The van der Waals surface area contributed by atoms with Crippen LogP contribution in [0, 0.1) is 16.7 Å². The molecule has 2 N–H and O–H groups in total. The van der Waals surface area contributed by atoms with Crippen LogP contribution in [-0.4, -0.2) is 9.78 Å². The van der Waals surface area contributed by atoms with Crippen molar-refractivity contribution in [3.8, 4) is 0 Å². The molecular formula is C13H23N3. The van der Waals surface area contributed by atoms with E-state index in [-0.39, 0.29) is 6.04 Å². The van der Waals surface area contributed by atoms with Gasteiger partial charge in [-0.1, -0.05) is 27.7 Å². The summed E-state index contributed by atoms with van der Waals surface area (Å²) in [5.74, 6) is 0.544. The topological polar surface area (TPSA) is 43.8 Å². The van der Waals surface area contributed by atoms with Crippen LogP contribution < -0.4 is 5.73 Å².